The van der Waals surface area contributed by atoms with Gasteiger partial charge in [-0.3, -0.25) is 4.79 Å². The summed E-state index contributed by atoms with van der Waals surface area (Å²) < 4.78 is 0. The molecular weight excluding hydrogens is 256 g/mol. The van der Waals surface area contributed by atoms with Crippen molar-refractivity contribution in [2.45, 2.75) is 26.2 Å². The summed E-state index contributed by atoms with van der Waals surface area (Å²) in [6.07, 6.45) is 2.22. The third-order valence-electron chi connectivity index (χ3n) is 3.70. The van der Waals surface area contributed by atoms with Crippen LogP contribution in [-0.4, -0.2) is 35.1 Å². The summed E-state index contributed by atoms with van der Waals surface area (Å²) in [5.74, 6) is -1.27. The number of para-hydroxylation sites is 1. The fraction of sp³-hybridized carbons (Fsp3) is 0.467. The van der Waals surface area contributed by atoms with Gasteiger partial charge in [-0.2, -0.15) is 0 Å². The molecule has 0 saturated carbocycles. The molecule has 0 bridgehead atoms. The smallest absolute Gasteiger partial charge is 0.321 e. The average Bonchev–Trinajstić information content (AvgIpc) is 2.48. The summed E-state index contributed by atoms with van der Waals surface area (Å²) in [5, 5.41) is 11.9. The zero-order valence-corrected chi connectivity index (χ0v) is 11.6. The third-order valence-corrected chi connectivity index (χ3v) is 3.70. The van der Waals surface area contributed by atoms with Crippen molar-refractivity contribution < 1.29 is 14.7 Å². The Morgan fingerprint density at radius 1 is 1.40 bits per heavy atom. The number of urea groups is 1. The van der Waals surface area contributed by atoms with Gasteiger partial charge in [-0.25, -0.2) is 4.79 Å². The number of rotatable bonds is 3. The molecule has 2 N–H and O–H groups in total. The zero-order valence-electron chi connectivity index (χ0n) is 11.6. The Bertz CT molecular complexity index is 502. The zero-order chi connectivity index (χ0) is 14.5. The number of hydrogen-bond donors (Lipinski definition) is 2. The van der Waals surface area contributed by atoms with E-state index in [0.717, 1.165) is 24.1 Å². The maximum atomic E-state index is 12.2. The van der Waals surface area contributed by atoms with E-state index in [1.165, 1.54) is 0 Å². The van der Waals surface area contributed by atoms with Crippen molar-refractivity contribution in [3.8, 4) is 0 Å². The lowest BCUT2D eigenvalue weighted by atomic mass is 9.99. The number of likely N-dealkylation sites (tertiary alicyclic amines) is 1. The topological polar surface area (TPSA) is 69.6 Å². The first-order valence-electron chi connectivity index (χ1n) is 6.98. The molecule has 5 heteroatoms. The molecule has 1 heterocycles. The monoisotopic (exact) mass is 276 g/mol. The minimum absolute atomic E-state index is 0.211. The summed E-state index contributed by atoms with van der Waals surface area (Å²) >= 11 is 0. The van der Waals surface area contributed by atoms with Gasteiger partial charge in [0, 0.05) is 18.8 Å². The van der Waals surface area contributed by atoms with Gasteiger partial charge < -0.3 is 15.3 Å². The molecule has 0 spiro atoms. The number of amides is 2. The Labute approximate surface area is 118 Å². The van der Waals surface area contributed by atoms with Gasteiger partial charge in [-0.15, -0.1) is 0 Å². The highest BCUT2D eigenvalue weighted by Crippen LogP contribution is 2.20. The first-order chi connectivity index (χ1) is 9.61. The maximum Gasteiger partial charge on any atom is 0.321 e. The van der Waals surface area contributed by atoms with Gasteiger partial charge in [0.25, 0.3) is 0 Å². The molecule has 0 unspecified atom stereocenters. The SMILES string of the molecule is CCc1ccccc1NC(=O)N1CCC[C@H](C(=O)O)C1. The van der Waals surface area contributed by atoms with E-state index in [1.807, 2.05) is 31.2 Å². The van der Waals surface area contributed by atoms with Crippen molar-refractivity contribution >= 4 is 17.7 Å². The van der Waals surface area contributed by atoms with Crippen LogP contribution in [-0.2, 0) is 11.2 Å². The minimum atomic E-state index is -0.823. The second-order valence-corrected chi connectivity index (χ2v) is 5.06. The van der Waals surface area contributed by atoms with E-state index < -0.39 is 11.9 Å². The maximum absolute atomic E-state index is 12.2. The molecule has 108 valence electrons. The highest BCUT2D eigenvalue weighted by Gasteiger charge is 2.28. The number of carbonyl (C=O) groups is 2. The van der Waals surface area contributed by atoms with Crippen LogP contribution in [0, 0.1) is 5.92 Å². The van der Waals surface area contributed by atoms with E-state index in [2.05, 4.69) is 5.32 Å². The second-order valence-electron chi connectivity index (χ2n) is 5.06. The van der Waals surface area contributed by atoms with Crippen molar-refractivity contribution in [3.05, 3.63) is 29.8 Å². The quantitative estimate of drug-likeness (QED) is 0.891. The van der Waals surface area contributed by atoms with E-state index in [1.54, 1.807) is 4.90 Å². The van der Waals surface area contributed by atoms with Crippen LogP contribution in [0.3, 0.4) is 0 Å². The Balaban J connectivity index is 2.02. The second kappa shape index (κ2) is 6.41. The lowest BCUT2D eigenvalue weighted by Crippen LogP contribution is -2.44. The standard InChI is InChI=1S/C15H20N2O3/c1-2-11-6-3-4-8-13(11)16-15(20)17-9-5-7-12(10-17)14(18)19/h3-4,6,8,12H,2,5,7,9-10H2,1H3,(H,16,20)(H,18,19)/t12-/m0/s1. The predicted octanol–water partition coefficient (Wildman–Crippen LogP) is 2.58. The molecule has 5 nitrogen and oxygen atoms in total. The summed E-state index contributed by atoms with van der Waals surface area (Å²) in [6.45, 7) is 2.94. The predicted molar refractivity (Wildman–Crippen MR) is 76.8 cm³/mol. The molecule has 1 fully saturated rings. The van der Waals surface area contributed by atoms with Gasteiger partial charge in [0.1, 0.15) is 0 Å². The van der Waals surface area contributed by atoms with Crippen molar-refractivity contribution in [1.82, 2.24) is 4.90 Å². The van der Waals surface area contributed by atoms with E-state index in [4.69, 9.17) is 5.11 Å². The van der Waals surface area contributed by atoms with Crippen molar-refractivity contribution in [1.29, 1.82) is 0 Å². The number of carboxylic acid groups (broad SMARTS) is 1. The molecule has 1 aromatic carbocycles. The van der Waals surface area contributed by atoms with Crippen molar-refractivity contribution in [2.75, 3.05) is 18.4 Å². The lowest BCUT2D eigenvalue weighted by Gasteiger charge is -2.31. The number of carboxylic acids is 1. The van der Waals surface area contributed by atoms with E-state index in [0.29, 0.717) is 13.0 Å². The van der Waals surface area contributed by atoms with Crippen LogP contribution in [0.5, 0.6) is 0 Å². The number of aliphatic carboxylic acids is 1. The van der Waals surface area contributed by atoms with E-state index in [-0.39, 0.29) is 12.6 Å². The molecule has 1 aliphatic rings. The normalized spacial score (nSPS) is 18.6. The van der Waals surface area contributed by atoms with Crippen LogP contribution >= 0.6 is 0 Å². The molecular formula is C15H20N2O3. The van der Waals surface area contributed by atoms with Gasteiger partial charge in [0.2, 0.25) is 0 Å². The number of nitrogens with one attached hydrogen (secondary N) is 1. The molecule has 2 rings (SSSR count). The van der Waals surface area contributed by atoms with Gasteiger partial charge in [0.15, 0.2) is 0 Å². The molecule has 20 heavy (non-hydrogen) atoms. The van der Waals surface area contributed by atoms with Gasteiger partial charge >= 0.3 is 12.0 Å². The molecule has 1 aromatic rings. The van der Waals surface area contributed by atoms with Crippen LogP contribution in [0.2, 0.25) is 0 Å². The van der Waals surface area contributed by atoms with Crippen molar-refractivity contribution in [2.24, 2.45) is 5.92 Å². The highest BCUT2D eigenvalue weighted by atomic mass is 16.4. The van der Waals surface area contributed by atoms with Crippen LogP contribution in [0.25, 0.3) is 0 Å². The Morgan fingerprint density at radius 3 is 2.85 bits per heavy atom. The van der Waals surface area contributed by atoms with Gasteiger partial charge in [-0.05, 0) is 30.9 Å². The van der Waals surface area contributed by atoms with Crippen LogP contribution in [0.15, 0.2) is 24.3 Å². The summed E-state index contributed by atoms with van der Waals surface area (Å²) in [7, 11) is 0. The first-order valence-corrected chi connectivity index (χ1v) is 6.98. The molecule has 1 aliphatic heterocycles. The number of carbonyl (C=O) groups excluding carboxylic acids is 1. The average molecular weight is 276 g/mol. The molecule has 1 saturated heterocycles. The number of aryl methyl sites for hydroxylation is 1. The minimum Gasteiger partial charge on any atom is -0.481 e. The molecule has 0 aromatic heterocycles. The lowest BCUT2D eigenvalue weighted by molar-refractivity contribution is -0.143. The molecule has 1 atom stereocenters. The Morgan fingerprint density at radius 2 is 2.15 bits per heavy atom. The molecule has 2 amide bonds. The fourth-order valence-electron chi connectivity index (χ4n) is 2.51. The van der Waals surface area contributed by atoms with Gasteiger partial charge in [-0.1, -0.05) is 25.1 Å². The Kier molecular flexibility index (Phi) is 4.61. The fourth-order valence-corrected chi connectivity index (χ4v) is 2.51. The number of anilines is 1. The number of hydrogen-bond acceptors (Lipinski definition) is 2. The van der Waals surface area contributed by atoms with Crippen LogP contribution in [0.4, 0.5) is 10.5 Å². The summed E-state index contributed by atoms with van der Waals surface area (Å²) in [6, 6.07) is 7.46. The number of piperidine rings is 1. The van der Waals surface area contributed by atoms with Crippen molar-refractivity contribution in [3.63, 3.8) is 0 Å². The third kappa shape index (κ3) is 3.29. The van der Waals surface area contributed by atoms with E-state index >= 15 is 0 Å². The Hall–Kier alpha value is -2.04. The largest absolute Gasteiger partial charge is 0.481 e. The number of nitrogens with zero attached hydrogens (tertiary/aromatic N) is 1. The van der Waals surface area contributed by atoms with Crippen LogP contribution in [0.1, 0.15) is 25.3 Å². The number of benzene rings is 1. The molecule has 0 radical (unpaired) electrons. The molecule has 0 aliphatic carbocycles. The van der Waals surface area contributed by atoms with Crippen LogP contribution < -0.4 is 5.32 Å². The van der Waals surface area contributed by atoms with E-state index in [9.17, 15) is 9.59 Å². The first kappa shape index (κ1) is 14.4. The van der Waals surface area contributed by atoms with Gasteiger partial charge in [0.05, 0.1) is 5.92 Å². The highest BCUT2D eigenvalue weighted by molar-refractivity contribution is 5.90. The summed E-state index contributed by atoms with van der Waals surface area (Å²) in [5.41, 5.74) is 1.88. The summed E-state index contributed by atoms with van der Waals surface area (Å²) in [4.78, 5) is 24.8.